The summed E-state index contributed by atoms with van der Waals surface area (Å²) >= 11 is 0. The van der Waals surface area contributed by atoms with Gasteiger partial charge in [0.1, 0.15) is 10.5 Å². The molecule has 0 bridgehead atoms. The van der Waals surface area contributed by atoms with E-state index in [1.807, 2.05) is 30.3 Å². The lowest BCUT2D eigenvalue weighted by Crippen LogP contribution is -2.63. The van der Waals surface area contributed by atoms with Crippen molar-refractivity contribution in [2.24, 2.45) is 0 Å². The van der Waals surface area contributed by atoms with Crippen molar-refractivity contribution in [3.05, 3.63) is 60.4 Å². The van der Waals surface area contributed by atoms with E-state index in [1.54, 1.807) is 6.07 Å². The first-order chi connectivity index (χ1) is 12.0. The van der Waals surface area contributed by atoms with Crippen molar-refractivity contribution in [2.75, 3.05) is 13.1 Å². The highest BCUT2D eigenvalue weighted by Gasteiger charge is 2.56. The van der Waals surface area contributed by atoms with E-state index in [9.17, 15) is 13.2 Å². The van der Waals surface area contributed by atoms with Gasteiger partial charge in [-0.2, -0.15) is 4.31 Å². The van der Waals surface area contributed by atoms with Crippen molar-refractivity contribution in [1.29, 1.82) is 0 Å². The predicted molar refractivity (Wildman–Crippen MR) is 88.4 cm³/mol. The van der Waals surface area contributed by atoms with Crippen LogP contribution in [0.15, 0.2) is 59.8 Å². The number of carbonyl (C=O) groups is 1. The molecule has 0 unspecified atom stereocenters. The summed E-state index contributed by atoms with van der Waals surface area (Å²) in [5.74, 6) is -0.123. The maximum Gasteiger partial charge on any atom is 0.249 e. The minimum atomic E-state index is -3.60. The zero-order valence-corrected chi connectivity index (χ0v) is 14.2. The number of hydrogen-bond acceptors (Lipinski definition) is 5. The van der Waals surface area contributed by atoms with Crippen LogP contribution in [0.1, 0.15) is 12.0 Å². The average molecular weight is 359 g/mol. The fourth-order valence-electron chi connectivity index (χ4n) is 3.14. The lowest BCUT2D eigenvalue weighted by Gasteiger charge is -2.44. The Labute approximate surface area is 145 Å². The number of carbonyl (C=O) groups excluding carboxylic acids is 1. The Hall–Kier alpha value is -2.29. The molecule has 1 spiro atoms. The Morgan fingerprint density at radius 1 is 1.12 bits per heavy atom. The van der Waals surface area contributed by atoms with Crippen LogP contribution in [0.3, 0.4) is 0 Å². The number of sulfonamides is 1. The van der Waals surface area contributed by atoms with Crippen LogP contribution < -0.4 is 0 Å². The second kappa shape index (κ2) is 5.91. The van der Waals surface area contributed by atoms with E-state index in [0.717, 1.165) is 5.56 Å². The molecule has 0 N–H and O–H groups in total. The monoisotopic (exact) mass is 359 g/mol. The van der Waals surface area contributed by atoms with Gasteiger partial charge in [-0.15, -0.1) is 0 Å². The van der Waals surface area contributed by atoms with Crippen molar-refractivity contribution < 1.29 is 18.0 Å². The summed E-state index contributed by atoms with van der Waals surface area (Å²) < 4.78 is 26.4. The van der Waals surface area contributed by atoms with Gasteiger partial charge in [-0.05, 0) is 17.7 Å². The SMILES string of the molecule is O=C1CC2(CN(S(=O)(=O)c3cccnc3)C2)ON1Cc1ccccc1. The van der Waals surface area contributed by atoms with Gasteiger partial charge in [0.05, 0.1) is 13.0 Å². The highest BCUT2D eigenvalue weighted by molar-refractivity contribution is 7.89. The molecule has 25 heavy (non-hydrogen) atoms. The third kappa shape index (κ3) is 2.92. The molecule has 1 amide bonds. The van der Waals surface area contributed by atoms with E-state index in [2.05, 4.69) is 4.98 Å². The van der Waals surface area contributed by atoms with Gasteiger partial charge in [0.15, 0.2) is 0 Å². The van der Waals surface area contributed by atoms with E-state index in [4.69, 9.17) is 4.84 Å². The number of amides is 1. The molecule has 2 aliphatic heterocycles. The minimum absolute atomic E-state index is 0.123. The van der Waals surface area contributed by atoms with Crippen LogP contribution in [0.5, 0.6) is 0 Å². The molecular weight excluding hydrogens is 342 g/mol. The Bertz CT molecular complexity index is 881. The Morgan fingerprint density at radius 2 is 1.88 bits per heavy atom. The average Bonchev–Trinajstić information content (AvgIpc) is 2.92. The van der Waals surface area contributed by atoms with Crippen LogP contribution in [0.25, 0.3) is 0 Å². The second-order valence-electron chi connectivity index (χ2n) is 6.33. The first-order valence-corrected chi connectivity index (χ1v) is 9.36. The van der Waals surface area contributed by atoms with E-state index in [0.29, 0.717) is 6.54 Å². The van der Waals surface area contributed by atoms with Crippen molar-refractivity contribution in [1.82, 2.24) is 14.4 Å². The molecule has 8 heteroatoms. The standard InChI is InChI=1S/C17H17N3O4S/c21-16-9-17(24-20(16)11-14-5-2-1-3-6-14)12-19(13-17)25(22,23)15-7-4-8-18-10-15/h1-8,10H,9,11-13H2. The molecule has 0 atom stereocenters. The van der Waals surface area contributed by atoms with Gasteiger partial charge in [-0.1, -0.05) is 30.3 Å². The van der Waals surface area contributed by atoms with Crippen LogP contribution in [0.4, 0.5) is 0 Å². The summed E-state index contributed by atoms with van der Waals surface area (Å²) in [6.07, 6.45) is 3.04. The first kappa shape index (κ1) is 16.2. The van der Waals surface area contributed by atoms with E-state index >= 15 is 0 Å². The zero-order chi connectivity index (χ0) is 17.5. The molecule has 2 saturated heterocycles. The highest BCUT2D eigenvalue weighted by atomic mass is 32.2. The van der Waals surface area contributed by atoms with Crippen LogP contribution in [0, 0.1) is 0 Å². The second-order valence-corrected chi connectivity index (χ2v) is 8.27. The van der Waals surface area contributed by atoms with Crippen LogP contribution in [-0.4, -0.2) is 47.4 Å². The Balaban J connectivity index is 1.44. The fourth-order valence-corrected chi connectivity index (χ4v) is 4.69. The Morgan fingerprint density at radius 3 is 2.56 bits per heavy atom. The number of hydroxylamine groups is 2. The molecule has 4 rings (SSSR count). The molecule has 130 valence electrons. The lowest BCUT2D eigenvalue weighted by atomic mass is 9.94. The number of hydrogen-bond donors (Lipinski definition) is 0. The van der Waals surface area contributed by atoms with Gasteiger partial charge in [0.2, 0.25) is 15.9 Å². The summed E-state index contributed by atoms with van der Waals surface area (Å²) in [6, 6.07) is 12.6. The van der Waals surface area contributed by atoms with Gasteiger partial charge in [-0.25, -0.2) is 13.5 Å². The van der Waals surface area contributed by atoms with Crippen LogP contribution in [0.2, 0.25) is 0 Å². The van der Waals surface area contributed by atoms with Crippen LogP contribution >= 0.6 is 0 Å². The summed E-state index contributed by atoms with van der Waals surface area (Å²) in [5, 5.41) is 1.34. The van der Waals surface area contributed by atoms with Crippen molar-refractivity contribution in [3.63, 3.8) is 0 Å². The van der Waals surface area contributed by atoms with Gasteiger partial charge >= 0.3 is 0 Å². The molecule has 1 aromatic carbocycles. The van der Waals surface area contributed by atoms with Gasteiger partial charge in [-0.3, -0.25) is 14.6 Å². The molecule has 0 radical (unpaired) electrons. The molecular formula is C17H17N3O4S. The fraction of sp³-hybridized carbons (Fsp3) is 0.294. The highest BCUT2D eigenvalue weighted by Crippen LogP contribution is 2.39. The van der Waals surface area contributed by atoms with Gasteiger partial charge < -0.3 is 0 Å². The first-order valence-electron chi connectivity index (χ1n) is 7.92. The molecule has 0 saturated carbocycles. The van der Waals surface area contributed by atoms with Crippen molar-refractivity contribution >= 4 is 15.9 Å². The number of pyridine rings is 1. The molecule has 2 aliphatic rings. The van der Waals surface area contributed by atoms with Crippen molar-refractivity contribution in [2.45, 2.75) is 23.5 Å². The number of rotatable bonds is 4. The maximum absolute atomic E-state index is 12.5. The van der Waals surface area contributed by atoms with E-state index in [-0.39, 0.29) is 30.3 Å². The van der Waals surface area contributed by atoms with Crippen LogP contribution in [-0.2, 0) is 26.2 Å². The number of nitrogens with zero attached hydrogens (tertiary/aromatic N) is 3. The van der Waals surface area contributed by atoms with E-state index in [1.165, 1.54) is 27.8 Å². The third-order valence-corrected chi connectivity index (χ3v) is 6.20. The third-order valence-electron chi connectivity index (χ3n) is 4.43. The van der Waals surface area contributed by atoms with Crippen molar-refractivity contribution in [3.8, 4) is 0 Å². The lowest BCUT2D eigenvalue weighted by molar-refractivity contribution is -0.228. The number of aromatic nitrogens is 1. The largest absolute Gasteiger partial charge is 0.272 e. The Kier molecular flexibility index (Phi) is 3.82. The minimum Gasteiger partial charge on any atom is -0.272 e. The molecule has 1 aromatic heterocycles. The van der Waals surface area contributed by atoms with Gasteiger partial charge in [0.25, 0.3) is 0 Å². The maximum atomic E-state index is 12.5. The normalized spacial score (nSPS) is 20.0. The molecule has 0 aliphatic carbocycles. The quantitative estimate of drug-likeness (QED) is 0.819. The molecule has 3 heterocycles. The predicted octanol–water partition coefficient (Wildman–Crippen LogP) is 1.19. The summed E-state index contributed by atoms with van der Waals surface area (Å²) in [7, 11) is -3.60. The zero-order valence-electron chi connectivity index (χ0n) is 13.4. The molecule has 2 aromatic rings. The smallest absolute Gasteiger partial charge is 0.249 e. The summed E-state index contributed by atoms with van der Waals surface area (Å²) in [5.41, 5.74) is 0.216. The summed E-state index contributed by atoms with van der Waals surface area (Å²) in [6.45, 7) is 0.694. The molecule has 2 fully saturated rings. The van der Waals surface area contributed by atoms with Gasteiger partial charge in [0, 0.05) is 25.5 Å². The van der Waals surface area contributed by atoms with E-state index < -0.39 is 15.6 Å². The topological polar surface area (TPSA) is 79.8 Å². The molecule has 7 nitrogen and oxygen atoms in total. The number of benzene rings is 1. The summed E-state index contributed by atoms with van der Waals surface area (Å²) in [4.78, 5) is 22.1.